The second-order valence-corrected chi connectivity index (χ2v) is 8.89. The Morgan fingerprint density at radius 3 is 2.66 bits per heavy atom. The molecular weight excluding hydrogens is 400 g/mol. The standard InChI is InChI=1S/C27H24N2O3.2H2/c1-16-3-6-21(14-22(16)18-4-7-23-19(12-18)11-17(2)28-23)29-26(30)27(9-10-27)20-5-8-24-25(13-20)32-15-31-24;;/h3-8,11-14,28H,9-10,15H2,1-2H3,(H,29,30);2*1H. The van der Waals surface area contributed by atoms with Crippen molar-refractivity contribution in [3.8, 4) is 22.6 Å². The van der Waals surface area contributed by atoms with Crippen molar-refractivity contribution in [2.45, 2.75) is 32.1 Å². The van der Waals surface area contributed by atoms with E-state index in [0.717, 1.165) is 57.9 Å². The Bertz CT molecular complexity index is 1390. The number of hydrogen-bond acceptors (Lipinski definition) is 3. The first-order valence-electron chi connectivity index (χ1n) is 10.9. The van der Waals surface area contributed by atoms with Gasteiger partial charge in [0, 0.05) is 25.1 Å². The lowest BCUT2D eigenvalue weighted by Gasteiger charge is -2.17. The van der Waals surface area contributed by atoms with Crippen LogP contribution < -0.4 is 14.8 Å². The number of fused-ring (bicyclic) bond motifs is 2. The molecule has 2 aliphatic rings. The van der Waals surface area contributed by atoms with E-state index in [1.807, 2.05) is 24.3 Å². The van der Waals surface area contributed by atoms with E-state index in [1.165, 1.54) is 10.9 Å². The van der Waals surface area contributed by atoms with Crippen molar-refractivity contribution in [1.82, 2.24) is 4.98 Å². The van der Waals surface area contributed by atoms with Gasteiger partial charge in [0.2, 0.25) is 12.7 Å². The summed E-state index contributed by atoms with van der Waals surface area (Å²) in [5.41, 5.74) is 7.02. The van der Waals surface area contributed by atoms with E-state index in [4.69, 9.17) is 9.47 Å². The normalized spacial score (nSPS) is 15.7. The van der Waals surface area contributed by atoms with E-state index in [9.17, 15) is 4.79 Å². The molecule has 5 nitrogen and oxygen atoms in total. The van der Waals surface area contributed by atoms with Gasteiger partial charge < -0.3 is 19.8 Å². The highest BCUT2D eigenvalue weighted by Crippen LogP contribution is 2.51. The maximum atomic E-state index is 13.3. The fourth-order valence-corrected chi connectivity index (χ4v) is 4.67. The number of amides is 1. The molecular formula is C27H28N2O3. The lowest BCUT2D eigenvalue weighted by Crippen LogP contribution is -2.27. The maximum Gasteiger partial charge on any atom is 0.235 e. The van der Waals surface area contributed by atoms with Gasteiger partial charge in [-0.1, -0.05) is 18.2 Å². The van der Waals surface area contributed by atoms with Gasteiger partial charge in [0.05, 0.1) is 5.41 Å². The predicted octanol–water partition coefficient (Wildman–Crippen LogP) is 6.34. The largest absolute Gasteiger partial charge is 0.454 e. The molecule has 2 N–H and O–H groups in total. The number of anilines is 1. The molecule has 1 aliphatic heterocycles. The molecule has 1 amide bonds. The zero-order valence-corrected chi connectivity index (χ0v) is 18.1. The predicted molar refractivity (Wildman–Crippen MR) is 130 cm³/mol. The number of rotatable bonds is 4. The highest BCUT2D eigenvalue weighted by atomic mass is 16.7. The van der Waals surface area contributed by atoms with Crippen LogP contribution in [-0.2, 0) is 10.2 Å². The number of carbonyl (C=O) groups is 1. The second-order valence-electron chi connectivity index (χ2n) is 8.89. The quantitative estimate of drug-likeness (QED) is 0.398. The molecule has 2 heterocycles. The lowest BCUT2D eigenvalue weighted by atomic mass is 9.94. The lowest BCUT2D eigenvalue weighted by molar-refractivity contribution is -0.118. The van der Waals surface area contributed by atoms with Crippen LogP contribution in [0, 0.1) is 13.8 Å². The zero-order valence-electron chi connectivity index (χ0n) is 18.1. The molecule has 1 fully saturated rings. The fraction of sp³-hybridized carbons (Fsp3) is 0.222. The van der Waals surface area contributed by atoms with Crippen molar-refractivity contribution in [1.29, 1.82) is 0 Å². The van der Waals surface area contributed by atoms with Gasteiger partial charge in [0.1, 0.15) is 0 Å². The molecule has 3 aromatic carbocycles. The molecule has 0 radical (unpaired) electrons. The highest BCUT2D eigenvalue weighted by molar-refractivity contribution is 6.02. The van der Waals surface area contributed by atoms with Crippen LogP contribution in [0.2, 0.25) is 0 Å². The topological polar surface area (TPSA) is 63.4 Å². The van der Waals surface area contributed by atoms with E-state index in [-0.39, 0.29) is 15.6 Å². The molecule has 0 bridgehead atoms. The van der Waals surface area contributed by atoms with Gasteiger partial charge in [-0.05, 0) is 91.4 Å². The Balaban J connectivity index is 0.00000137. The number of hydrogen-bond donors (Lipinski definition) is 2. The van der Waals surface area contributed by atoms with Crippen LogP contribution in [0.3, 0.4) is 0 Å². The van der Waals surface area contributed by atoms with Crippen molar-refractivity contribution < 1.29 is 17.1 Å². The highest BCUT2D eigenvalue weighted by Gasteiger charge is 2.51. The summed E-state index contributed by atoms with van der Waals surface area (Å²) in [6, 6.07) is 20.5. The van der Waals surface area contributed by atoms with Crippen molar-refractivity contribution in [3.05, 3.63) is 77.5 Å². The average molecular weight is 429 g/mol. The molecule has 6 rings (SSSR count). The van der Waals surface area contributed by atoms with Gasteiger partial charge in [0.15, 0.2) is 11.5 Å². The van der Waals surface area contributed by atoms with E-state index >= 15 is 0 Å². The number of benzene rings is 3. The summed E-state index contributed by atoms with van der Waals surface area (Å²) in [7, 11) is 0. The minimum atomic E-state index is -0.492. The molecule has 1 aromatic heterocycles. The smallest absolute Gasteiger partial charge is 0.235 e. The number of aryl methyl sites for hydroxylation is 2. The third kappa shape index (κ3) is 3.04. The Hall–Kier alpha value is -3.73. The molecule has 0 spiro atoms. The van der Waals surface area contributed by atoms with E-state index in [0.29, 0.717) is 0 Å². The number of nitrogens with one attached hydrogen (secondary N) is 2. The minimum absolute atomic E-state index is 0. The molecule has 1 saturated carbocycles. The fourth-order valence-electron chi connectivity index (χ4n) is 4.67. The second kappa shape index (κ2) is 6.89. The SMILES string of the molecule is Cc1cc2cc(-c3cc(NC(=O)C4(c5ccc6c(c5)OCO6)CC4)ccc3C)ccc2[nH]1.[HH].[HH]. The van der Waals surface area contributed by atoms with Crippen molar-refractivity contribution in [2.75, 3.05) is 12.1 Å². The average Bonchev–Trinajstić information content (AvgIpc) is 3.32. The summed E-state index contributed by atoms with van der Waals surface area (Å²) < 4.78 is 10.9. The maximum absolute atomic E-state index is 13.3. The van der Waals surface area contributed by atoms with Crippen LogP contribution in [0.4, 0.5) is 5.69 Å². The van der Waals surface area contributed by atoms with Crippen molar-refractivity contribution >= 4 is 22.5 Å². The molecule has 0 unspecified atom stereocenters. The van der Waals surface area contributed by atoms with Gasteiger partial charge in [-0.3, -0.25) is 4.79 Å². The van der Waals surface area contributed by atoms with Crippen LogP contribution in [0.5, 0.6) is 11.5 Å². The third-order valence-electron chi connectivity index (χ3n) is 6.67. The first kappa shape index (κ1) is 19.0. The monoisotopic (exact) mass is 428 g/mol. The first-order valence-corrected chi connectivity index (χ1v) is 10.9. The molecule has 4 aromatic rings. The van der Waals surface area contributed by atoms with Crippen LogP contribution in [0.15, 0.2) is 60.7 Å². The van der Waals surface area contributed by atoms with Crippen LogP contribution in [-0.4, -0.2) is 17.7 Å². The summed E-state index contributed by atoms with van der Waals surface area (Å²) in [6.07, 6.45) is 1.67. The van der Waals surface area contributed by atoms with Crippen LogP contribution >= 0.6 is 0 Å². The molecule has 32 heavy (non-hydrogen) atoms. The Morgan fingerprint density at radius 1 is 0.969 bits per heavy atom. The van der Waals surface area contributed by atoms with Crippen LogP contribution in [0.25, 0.3) is 22.0 Å². The van der Waals surface area contributed by atoms with E-state index in [2.05, 4.69) is 60.5 Å². The number of aromatic amines is 1. The number of H-pyrrole nitrogens is 1. The third-order valence-corrected chi connectivity index (χ3v) is 6.67. The van der Waals surface area contributed by atoms with Gasteiger partial charge in [-0.25, -0.2) is 0 Å². The minimum Gasteiger partial charge on any atom is -0.454 e. The van der Waals surface area contributed by atoms with E-state index in [1.54, 1.807) is 0 Å². The van der Waals surface area contributed by atoms with Crippen molar-refractivity contribution in [3.63, 3.8) is 0 Å². The summed E-state index contributed by atoms with van der Waals surface area (Å²) in [5.74, 6) is 1.49. The molecule has 5 heteroatoms. The Kier molecular flexibility index (Phi) is 4.09. The first-order chi connectivity index (χ1) is 15.5. The van der Waals surface area contributed by atoms with Gasteiger partial charge in [0.25, 0.3) is 0 Å². The molecule has 0 saturated heterocycles. The summed E-state index contributed by atoms with van der Waals surface area (Å²) >= 11 is 0. The number of ether oxygens (including phenoxy) is 2. The summed E-state index contributed by atoms with van der Waals surface area (Å²) in [4.78, 5) is 16.7. The van der Waals surface area contributed by atoms with Crippen LogP contribution in [0.1, 0.15) is 32.5 Å². The summed E-state index contributed by atoms with van der Waals surface area (Å²) in [5, 5.41) is 4.36. The molecule has 1 aliphatic carbocycles. The zero-order chi connectivity index (χ0) is 21.9. The molecule has 164 valence electrons. The van der Waals surface area contributed by atoms with Gasteiger partial charge in [-0.2, -0.15) is 0 Å². The van der Waals surface area contributed by atoms with Gasteiger partial charge in [-0.15, -0.1) is 0 Å². The number of carbonyl (C=O) groups excluding carboxylic acids is 1. The molecule has 0 atom stereocenters. The summed E-state index contributed by atoms with van der Waals surface area (Å²) in [6.45, 7) is 4.40. The Morgan fingerprint density at radius 2 is 1.81 bits per heavy atom. The van der Waals surface area contributed by atoms with E-state index < -0.39 is 5.41 Å². The Labute approximate surface area is 189 Å². The van der Waals surface area contributed by atoms with Crippen molar-refractivity contribution in [2.24, 2.45) is 0 Å². The van der Waals surface area contributed by atoms with Gasteiger partial charge >= 0.3 is 0 Å². The number of aromatic nitrogens is 1.